The van der Waals surface area contributed by atoms with E-state index in [-0.39, 0.29) is 12.4 Å². The maximum absolute atomic E-state index is 13.0. The summed E-state index contributed by atoms with van der Waals surface area (Å²) in [7, 11) is 0. The van der Waals surface area contributed by atoms with E-state index in [0.717, 1.165) is 5.56 Å². The Bertz CT molecular complexity index is 1010. The molecule has 0 unspecified atom stereocenters. The number of benzene rings is 2. The van der Waals surface area contributed by atoms with Gasteiger partial charge in [-0.3, -0.25) is 0 Å². The van der Waals surface area contributed by atoms with Crippen LogP contribution in [0.2, 0.25) is 5.02 Å². The molecule has 1 N–H and O–H groups in total. The molecule has 1 aromatic heterocycles. The van der Waals surface area contributed by atoms with Gasteiger partial charge in [-0.15, -0.1) is 0 Å². The summed E-state index contributed by atoms with van der Waals surface area (Å²) in [5.74, 6) is -0.341. The van der Waals surface area contributed by atoms with Crippen molar-refractivity contribution < 1.29 is 13.9 Å². The molecule has 0 aliphatic heterocycles. The molecule has 3 aromatic rings. The molecule has 0 saturated carbocycles. The Morgan fingerprint density at radius 2 is 1.93 bits per heavy atom. The number of aryl methyl sites for hydroxylation is 1. The lowest BCUT2D eigenvalue weighted by Crippen LogP contribution is -2.15. The van der Waals surface area contributed by atoms with E-state index in [1.807, 2.05) is 6.07 Å². The molecule has 29 heavy (non-hydrogen) atoms. The zero-order valence-corrected chi connectivity index (χ0v) is 17.0. The van der Waals surface area contributed by atoms with Crippen LogP contribution >= 0.6 is 11.6 Å². The molecule has 0 aliphatic carbocycles. The molecule has 7 heteroatoms. The second-order valence-corrected chi connectivity index (χ2v) is 6.83. The highest BCUT2D eigenvalue weighted by atomic mass is 35.5. The summed E-state index contributed by atoms with van der Waals surface area (Å²) in [5.41, 5.74) is 2.99. The number of rotatable bonds is 7. The third kappa shape index (κ3) is 5.29. The second kappa shape index (κ2) is 9.47. The highest BCUT2D eigenvalue weighted by Gasteiger charge is 2.21. The van der Waals surface area contributed by atoms with Crippen LogP contribution in [-0.2, 0) is 11.2 Å². The number of esters is 1. The van der Waals surface area contributed by atoms with Gasteiger partial charge in [0.2, 0.25) is 5.95 Å². The largest absolute Gasteiger partial charge is 0.462 e. The van der Waals surface area contributed by atoms with Crippen LogP contribution in [0.15, 0.2) is 48.5 Å². The van der Waals surface area contributed by atoms with Gasteiger partial charge in [0, 0.05) is 17.1 Å². The number of carbonyl (C=O) groups excluding carboxylic acids is 1. The fraction of sp³-hybridized carbons (Fsp3) is 0.227. The molecule has 0 bridgehead atoms. The van der Waals surface area contributed by atoms with Gasteiger partial charge >= 0.3 is 5.97 Å². The average molecular weight is 414 g/mol. The highest BCUT2D eigenvalue weighted by Crippen LogP contribution is 2.27. The van der Waals surface area contributed by atoms with E-state index in [2.05, 4.69) is 15.3 Å². The van der Waals surface area contributed by atoms with Crippen LogP contribution in [0.4, 0.5) is 10.3 Å². The number of carbonyl (C=O) groups is 1. The predicted octanol–water partition coefficient (Wildman–Crippen LogP) is 5.08. The van der Waals surface area contributed by atoms with Gasteiger partial charge in [0.25, 0.3) is 0 Å². The third-order valence-electron chi connectivity index (χ3n) is 4.28. The van der Waals surface area contributed by atoms with Crippen LogP contribution in [0.25, 0.3) is 11.3 Å². The Kier molecular flexibility index (Phi) is 6.77. The minimum Gasteiger partial charge on any atom is -0.462 e. The molecular formula is C22H21ClFN3O2. The van der Waals surface area contributed by atoms with Gasteiger partial charge in [-0.2, -0.15) is 0 Å². The van der Waals surface area contributed by atoms with Crippen molar-refractivity contribution in [1.29, 1.82) is 0 Å². The lowest BCUT2D eigenvalue weighted by Gasteiger charge is -2.14. The number of nitrogens with zero attached hydrogens (tertiary/aromatic N) is 2. The quantitative estimate of drug-likeness (QED) is 0.547. The molecule has 3 rings (SSSR count). The van der Waals surface area contributed by atoms with Gasteiger partial charge in [0.1, 0.15) is 11.4 Å². The Hall–Kier alpha value is -2.99. The van der Waals surface area contributed by atoms with Crippen molar-refractivity contribution in [3.05, 3.63) is 76.2 Å². The van der Waals surface area contributed by atoms with Crippen molar-refractivity contribution in [2.45, 2.75) is 20.3 Å². The summed E-state index contributed by atoms with van der Waals surface area (Å²) in [4.78, 5) is 21.5. The minimum atomic E-state index is -0.474. The lowest BCUT2D eigenvalue weighted by atomic mass is 10.0. The molecule has 0 radical (unpaired) electrons. The standard InChI is InChI=1S/C22H21ClFN3O2/c1-3-29-21(28)19-14(2)26-22(25-12-11-15-7-9-18(24)10-8-15)27-20(19)16-5-4-6-17(23)13-16/h4-10,13H,3,11-12H2,1-2H3,(H,25,26,27). The van der Waals surface area contributed by atoms with Crippen molar-refractivity contribution >= 4 is 23.5 Å². The lowest BCUT2D eigenvalue weighted by molar-refractivity contribution is 0.0525. The Labute approximate surface area is 173 Å². The van der Waals surface area contributed by atoms with Crippen LogP contribution in [0, 0.1) is 12.7 Å². The maximum atomic E-state index is 13.0. The molecule has 0 atom stereocenters. The summed E-state index contributed by atoms with van der Waals surface area (Å²) in [6, 6.07) is 13.5. The Morgan fingerprint density at radius 1 is 1.17 bits per heavy atom. The number of aromatic nitrogens is 2. The molecule has 0 aliphatic rings. The first-order valence-electron chi connectivity index (χ1n) is 9.28. The van der Waals surface area contributed by atoms with Crippen LogP contribution in [0.1, 0.15) is 28.5 Å². The van der Waals surface area contributed by atoms with E-state index in [9.17, 15) is 9.18 Å². The number of halogens is 2. The normalized spacial score (nSPS) is 10.6. The molecule has 5 nitrogen and oxygen atoms in total. The predicted molar refractivity (Wildman–Crippen MR) is 112 cm³/mol. The second-order valence-electron chi connectivity index (χ2n) is 6.39. The SMILES string of the molecule is CCOC(=O)c1c(C)nc(NCCc2ccc(F)cc2)nc1-c1cccc(Cl)c1. The molecule has 150 valence electrons. The fourth-order valence-electron chi connectivity index (χ4n) is 2.91. The van der Waals surface area contributed by atoms with E-state index in [0.29, 0.717) is 46.5 Å². The summed E-state index contributed by atoms with van der Waals surface area (Å²) in [6.07, 6.45) is 0.675. The highest BCUT2D eigenvalue weighted by molar-refractivity contribution is 6.30. The molecule has 0 fully saturated rings. The van der Waals surface area contributed by atoms with Gasteiger partial charge in [-0.25, -0.2) is 19.2 Å². The number of nitrogens with one attached hydrogen (secondary N) is 1. The molecule has 0 amide bonds. The van der Waals surface area contributed by atoms with E-state index in [1.165, 1.54) is 12.1 Å². The van der Waals surface area contributed by atoms with E-state index >= 15 is 0 Å². The van der Waals surface area contributed by atoms with E-state index in [4.69, 9.17) is 16.3 Å². The maximum Gasteiger partial charge on any atom is 0.342 e. The minimum absolute atomic E-state index is 0.255. The Balaban J connectivity index is 1.88. The zero-order chi connectivity index (χ0) is 20.8. The summed E-state index contributed by atoms with van der Waals surface area (Å²) in [6.45, 7) is 4.30. The first kappa shape index (κ1) is 20.7. The first-order chi connectivity index (χ1) is 14.0. The summed E-state index contributed by atoms with van der Waals surface area (Å²) >= 11 is 6.13. The monoisotopic (exact) mass is 413 g/mol. The molecular weight excluding hydrogens is 393 g/mol. The van der Waals surface area contributed by atoms with Crippen molar-refractivity contribution in [2.75, 3.05) is 18.5 Å². The van der Waals surface area contributed by atoms with Crippen molar-refractivity contribution in [3.8, 4) is 11.3 Å². The van der Waals surface area contributed by atoms with Crippen LogP contribution in [-0.4, -0.2) is 29.1 Å². The van der Waals surface area contributed by atoms with Crippen LogP contribution < -0.4 is 5.32 Å². The zero-order valence-electron chi connectivity index (χ0n) is 16.2. The van der Waals surface area contributed by atoms with E-state index < -0.39 is 5.97 Å². The van der Waals surface area contributed by atoms with Gasteiger partial charge in [-0.05, 0) is 50.1 Å². The summed E-state index contributed by atoms with van der Waals surface area (Å²) < 4.78 is 18.2. The Morgan fingerprint density at radius 3 is 2.62 bits per heavy atom. The number of hydrogen-bond donors (Lipinski definition) is 1. The van der Waals surface area contributed by atoms with Crippen molar-refractivity contribution in [1.82, 2.24) is 9.97 Å². The van der Waals surface area contributed by atoms with Crippen LogP contribution in [0.3, 0.4) is 0 Å². The topological polar surface area (TPSA) is 64.1 Å². The van der Waals surface area contributed by atoms with Crippen molar-refractivity contribution in [2.24, 2.45) is 0 Å². The smallest absolute Gasteiger partial charge is 0.342 e. The molecule has 0 saturated heterocycles. The summed E-state index contributed by atoms with van der Waals surface area (Å²) in [5, 5.41) is 3.71. The molecule has 2 aromatic carbocycles. The van der Waals surface area contributed by atoms with Crippen molar-refractivity contribution in [3.63, 3.8) is 0 Å². The molecule has 0 spiro atoms. The van der Waals surface area contributed by atoms with Gasteiger partial charge in [0.15, 0.2) is 0 Å². The average Bonchev–Trinajstić information content (AvgIpc) is 2.69. The number of ether oxygens (including phenoxy) is 1. The fourth-order valence-corrected chi connectivity index (χ4v) is 3.10. The molecule has 1 heterocycles. The first-order valence-corrected chi connectivity index (χ1v) is 9.65. The van der Waals surface area contributed by atoms with E-state index in [1.54, 1.807) is 44.2 Å². The van der Waals surface area contributed by atoms with Gasteiger partial charge < -0.3 is 10.1 Å². The third-order valence-corrected chi connectivity index (χ3v) is 4.51. The number of anilines is 1. The van der Waals surface area contributed by atoms with Crippen LogP contribution in [0.5, 0.6) is 0 Å². The van der Waals surface area contributed by atoms with Gasteiger partial charge in [-0.1, -0.05) is 35.9 Å². The number of hydrogen-bond acceptors (Lipinski definition) is 5. The van der Waals surface area contributed by atoms with Gasteiger partial charge in [0.05, 0.1) is 18.0 Å².